The number of benzene rings is 2. The number of carbonyl (C=O) groups excluding carboxylic acids is 1. The fourth-order valence-corrected chi connectivity index (χ4v) is 3.92. The molecule has 6 heteroatoms. The molecule has 138 valence electrons. The Balaban J connectivity index is 1.47. The first-order valence-corrected chi connectivity index (χ1v) is 9.21. The number of Topliss-reactive ketones (excluding diaryl/α,β-unsaturated/α-hetero) is 1. The lowest BCUT2D eigenvalue weighted by atomic mass is 10.0. The van der Waals surface area contributed by atoms with Crippen molar-refractivity contribution < 1.29 is 29.0 Å². The van der Waals surface area contributed by atoms with Crippen molar-refractivity contribution in [3.63, 3.8) is 0 Å². The van der Waals surface area contributed by atoms with Crippen LogP contribution in [0.4, 0.5) is 0 Å². The standard InChI is InChI=1S/C21H19NO5/c23-16-5-4-14-20(24)19(10-13-3-6-17-18(9-13)26-12-25-17)27-21(14)15(16)11-22-7-1-2-8-22/h3-6,9-10,23H,1-2,7-8,11-12H2/p+1/b19-10-. The van der Waals surface area contributed by atoms with Crippen LogP contribution in [0.25, 0.3) is 6.08 Å². The van der Waals surface area contributed by atoms with Crippen molar-refractivity contribution in [3.8, 4) is 23.0 Å². The number of aromatic hydroxyl groups is 1. The molecule has 0 radical (unpaired) electrons. The van der Waals surface area contributed by atoms with Gasteiger partial charge in [0.25, 0.3) is 0 Å². The van der Waals surface area contributed by atoms with Crippen LogP contribution in [0.3, 0.4) is 0 Å². The summed E-state index contributed by atoms with van der Waals surface area (Å²) in [5, 5.41) is 10.3. The molecule has 1 fully saturated rings. The van der Waals surface area contributed by atoms with Crippen LogP contribution in [0.2, 0.25) is 0 Å². The molecule has 0 saturated carbocycles. The third-order valence-corrected chi connectivity index (χ3v) is 5.35. The van der Waals surface area contributed by atoms with Gasteiger partial charge in [0.05, 0.1) is 24.2 Å². The molecule has 3 aliphatic rings. The third-order valence-electron chi connectivity index (χ3n) is 5.35. The molecule has 5 rings (SSSR count). The first kappa shape index (κ1) is 16.2. The number of ether oxygens (including phenoxy) is 3. The molecule has 0 bridgehead atoms. The van der Waals surface area contributed by atoms with Crippen LogP contribution in [0, 0.1) is 0 Å². The maximum absolute atomic E-state index is 12.8. The molecule has 0 atom stereocenters. The highest BCUT2D eigenvalue weighted by Gasteiger charge is 2.33. The van der Waals surface area contributed by atoms with E-state index < -0.39 is 0 Å². The summed E-state index contributed by atoms with van der Waals surface area (Å²) in [6.45, 7) is 3.03. The van der Waals surface area contributed by atoms with Crippen molar-refractivity contribution in [3.05, 3.63) is 52.8 Å². The molecular formula is C21H20NO5+. The first-order valence-electron chi connectivity index (χ1n) is 9.21. The number of hydrogen-bond donors (Lipinski definition) is 2. The summed E-state index contributed by atoms with van der Waals surface area (Å²) in [6.07, 6.45) is 4.09. The van der Waals surface area contributed by atoms with Crippen molar-refractivity contribution in [2.75, 3.05) is 19.9 Å². The summed E-state index contributed by atoms with van der Waals surface area (Å²) >= 11 is 0. The van der Waals surface area contributed by atoms with E-state index >= 15 is 0 Å². The first-order chi connectivity index (χ1) is 13.2. The number of quaternary nitrogens is 1. The number of likely N-dealkylation sites (tertiary alicyclic amines) is 1. The summed E-state index contributed by atoms with van der Waals surface area (Å²) in [5.41, 5.74) is 2.02. The van der Waals surface area contributed by atoms with Crippen molar-refractivity contribution in [1.29, 1.82) is 0 Å². The smallest absolute Gasteiger partial charge is 0.231 e. The van der Waals surface area contributed by atoms with Gasteiger partial charge in [-0.2, -0.15) is 0 Å². The molecule has 6 nitrogen and oxygen atoms in total. The number of carbonyl (C=O) groups is 1. The molecule has 0 spiro atoms. The summed E-state index contributed by atoms with van der Waals surface area (Å²) < 4.78 is 16.6. The lowest BCUT2D eigenvalue weighted by molar-refractivity contribution is -0.901. The minimum Gasteiger partial charge on any atom is -0.507 e. The molecule has 0 unspecified atom stereocenters. The minimum absolute atomic E-state index is 0.166. The molecule has 2 aromatic rings. The van der Waals surface area contributed by atoms with Gasteiger partial charge >= 0.3 is 0 Å². The highest BCUT2D eigenvalue weighted by Crippen LogP contribution is 2.40. The van der Waals surface area contributed by atoms with E-state index in [0.29, 0.717) is 34.9 Å². The Hall–Kier alpha value is -2.99. The van der Waals surface area contributed by atoms with Crippen LogP contribution in [0.1, 0.15) is 34.3 Å². The van der Waals surface area contributed by atoms with Crippen LogP contribution < -0.4 is 19.1 Å². The normalized spacial score (nSPS) is 19.6. The van der Waals surface area contributed by atoms with Crippen LogP contribution in [-0.2, 0) is 6.54 Å². The number of allylic oxidation sites excluding steroid dienone is 1. The van der Waals surface area contributed by atoms with E-state index in [1.807, 2.05) is 18.2 Å². The predicted molar refractivity (Wildman–Crippen MR) is 97.2 cm³/mol. The Morgan fingerprint density at radius 1 is 1.07 bits per heavy atom. The quantitative estimate of drug-likeness (QED) is 0.813. The Morgan fingerprint density at radius 3 is 2.74 bits per heavy atom. The van der Waals surface area contributed by atoms with Gasteiger partial charge in [-0.25, -0.2) is 0 Å². The van der Waals surface area contributed by atoms with Crippen molar-refractivity contribution in [1.82, 2.24) is 0 Å². The number of rotatable bonds is 3. The van der Waals surface area contributed by atoms with E-state index in [-0.39, 0.29) is 24.1 Å². The zero-order chi connectivity index (χ0) is 18.4. The number of phenolic OH excluding ortho intramolecular Hbond substituents is 1. The van der Waals surface area contributed by atoms with Crippen LogP contribution in [-0.4, -0.2) is 30.8 Å². The molecule has 1 saturated heterocycles. The van der Waals surface area contributed by atoms with E-state index in [0.717, 1.165) is 18.7 Å². The Kier molecular flexibility index (Phi) is 3.79. The fourth-order valence-electron chi connectivity index (χ4n) is 3.92. The molecule has 3 aliphatic heterocycles. The van der Waals surface area contributed by atoms with E-state index in [9.17, 15) is 9.90 Å². The minimum atomic E-state index is -0.166. The predicted octanol–water partition coefficient (Wildman–Crippen LogP) is 1.92. The van der Waals surface area contributed by atoms with Gasteiger partial charge in [0.2, 0.25) is 12.6 Å². The number of phenols is 1. The second-order valence-corrected chi connectivity index (χ2v) is 7.13. The van der Waals surface area contributed by atoms with E-state index in [1.54, 1.807) is 18.2 Å². The molecule has 3 heterocycles. The van der Waals surface area contributed by atoms with Crippen LogP contribution in [0.5, 0.6) is 23.0 Å². The van der Waals surface area contributed by atoms with Crippen molar-refractivity contribution in [2.45, 2.75) is 19.4 Å². The highest BCUT2D eigenvalue weighted by atomic mass is 16.7. The Labute approximate surface area is 156 Å². The lowest BCUT2D eigenvalue weighted by Crippen LogP contribution is -3.08. The van der Waals surface area contributed by atoms with Crippen LogP contribution in [0.15, 0.2) is 36.1 Å². The molecule has 27 heavy (non-hydrogen) atoms. The van der Waals surface area contributed by atoms with Crippen molar-refractivity contribution >= 4 is 11.9 Å². The van der Waals surface area contributed by atoms with E-state index in [1.165, 1.54) is 17.7 Å². The molecular weight excluding hydrogens is 346 g/mol. The molecule has 0 aromatic heterocycles. The summed E-state index contributed by atoms with van der Waals surface area (Å²) in [6, 6.07) is 8.72. The Morgan fingerprint density at radius 2 is 1.89 bits per heavy atom. The van der Waals surface area contributed by atoms with Gasteiger partial charge in [-0.15, -0.1) is 0 Å². The second-order valence-electron chi connectivity index (χ2n) is 7.13. The van der Waals surface area contributed by atoms with Gasteiger partial charge in [-0.3, -0.25) is 4.79 Å². The third kappa shape index (κ3) is 2.82. The monoisotopic (exact) mass is 366 g/mol. The van der Waals surface area contributed by atoms with Crippen LogP contribution >= 0.6 is 0 Å². The van der Waals surface area contributed by atoms with Gasteiger partial charge in [0.15, 0.2) is 23.0 Å². The average molecular weight is 366 g/mol. The van der Waals surface area contributed by atoms with Gasteiger partial charge in [-0.05, 0) is 35.9 Å². The number of nitrogens with one attached hydrogen (secondary N) is 1. The number of hydrogen-bond acceptors (Lipinski definition) is 5. The van der Waals surface area contributed by atoms with Gasteiger partial charge in [0, 0.05) is 12.8 Å². The SMILES string of the molecule is O=C1/C(=C/c2ccc3c(c2)OCO3)Oc2c1ccc(O)c2C[NH+]1CCCC1. The number of ketones is 1. The molecule has 0 amide bonds. The maximum Gasteiger partial charge on any atom is 0.231 e. The van der Waals surface area contributed by atoms with E-state index in [2.05, 4.69) is 0 Å². The van der Waals surface area contributed by atoms with Crippen molar-refractivity contribution in [2.24, 2.45) is 0 Å². The summed E-state index contributed by atoms with van der Waals surface area (Å²) in [4.78, 5) is 14.2. The largest absolute Gasteiger partial charge is 0.507 e. The summed E-state index contributed by atoms with van der Waals surface area (Å²) in [7, 11) is 0. The summed E-state index contributed by atoms with van der Waals surface area (Å²) in [5.74, 6) is 2.12. The fraction of sp³-hybridized carbons (Fsp3) is 0.286. The number of fused-ring (bicyclic) bond motifs is 2. The lowest BCUT2D eigenvalue weighted by Gasteiger charge is -2.15. The van der Waals surface area contributed by atoms with Gasteiger partial charge in [0.1, 0.15) is 12.3 Å². The molecule has 2 aromatic carbocycles. The zero-order valence-corrected chi connectivity index (χ0v) is 14.8. The maximum atomic E-state index is 12.8. The van der Waals surface area contributed by atoms with E-state index in [4.69, 9.17) is 14.2 Å². The molecule has 2 N–H and O–H groups in total. The zero-order valence-electron chi connectivity index (χ0n) is 14.8. The highest BCUT2D eigenvalue weighted by molar-refractivity contribution is 6.15. The average Bonchev–Trinajstić information content (AvgIpc) is 3.39. The molecule has 0 aliphatic carbocycles. The second kappa shape index (κ2) is 6.32. The topological polar surface area (TPSA) is 69.4 Å². The van der Waals surface area contributed by atoms with Gasteiger partial charge < -0.3 is 24.2 Å². The Bertz CT molecular complexity index is 959. The van der Waals surface area contributed by atoms with Gasteiger partial charge in [-0.1, -0.05) is 6.07 Å².